The van der Waals surface area contributed by atoms with E-state index in [2.05, 4.69) is 25.3 Å². The van der Waals surface area contributed by atoms with Gasteiger partial charge >= 0.3 is 6.03 Å². The number of carbonyl (C=O) groups is 1. The smallest absolute Gasteiger partial charge is 0.315 e. The van der Waals surface area contributed by atoms with Gasteiger partial charge < -0.3 is 15.2 Å². The molecule has 0 saturated heterocycles. The summed E-state index contributed by atoms with van der Waals surface area (Å²) in [6.07, 6.45) is 4.60. The Morgan fingerprint density at radius 1 is 1.64 bits per heavy atom. The third-order valence-electron chi connectivity index (χ3n) is 2.25. The van der Waals surface area contributed by atoms with E-state index in [0.717, 1.165) is 12.8 Å². The second-order valence-electron chi connectivity index (χ2n) is 3.30. The zero-order valence-corrected chi connectivity index (χ0v) is 7.69. The van der Waals surface area contributed by atoms with Gasteiger partial charge in [-0.25, -0.2) is 4.79 Å². The average molecular weight is 196 g/mol. The molecule has 1 aromatic rings. The van der Waals surface area contributed by atoms with Gasteiger partial charge in [-0.3, -0.25) is 0 Å². The number of aromatic nitrogens is 2. The zero-order valence-electron chi connectivity index (χ0n) is 7.69. The SMILES string of the molecule is O=C(NCc1ncon1)NC1CCC1. The van der Waals surface area contributed by atoms with Gasteiger partial charge in [0.25, 0.3) is 0 Å². The molecule has 6 heteroatoms. The molecule has 1 fully saturated rings. The molecule has 0 aliphatic heterocycles. The molecule has 2 rings (SSSR count). The molecule has 1 saturated carbocycles. The monoisotopic (exact) mass is 196 g/mol. The van der Waals surface area contributed by atoms with Crippen molar-refractivity contribution in [1.29, 1.82) is 0 Å². The lowest BCUT2D eigenvalue weighted by Gasteiger charge is -2.26. The van der Waals surface area contributed by atoms with Gasteiger partial charge in [0.1, 0.15) is 0 Å². The first-order valence-electron chi connectivity index (χ1n) is 4.64. The van der Waals surface area contributed by atoms with Crippen molar-refractivity contribution < 1.29 is 9.32 Å². The van der Waals surface area contributed by atoms with Gasteiger partial charge in [-0.05, 0) is 19.3 Å². The van der Waals surface area contributed by atoms with Crippen LogP contribution in [0.25, 0.3) is 0 Å². The highest BCUT2D eigenvalue weighted by Gasteiger charge is 2.19. The summed E-state index contributed by atoms with van der Waals surface area (Å²) >= 11 is 0. The van der Waals surface area contributed by atoms with Gasteiger partial charge in [0.05, 0.1) is 6.54 Å². The Morgan fingerprint density at radius 2 is 2.50 bits per heavy atom. The normalized spacial score (nSPS) is 16.0. The minimum Gasteiger partial charge on any atom is -0.343 e. The van der Waals surface area contributed by atoms with Crippen LogP contribution in [-0.4, -0.2) is 22.2 Å². The highest BCUT2D eigenvalue weighted by Crippen LogP contribution is 2.17. The van der Waals surface area contributed by atoms with Gasteiger partial charge in [-0.15, -0.1) is 0 Å². The summed E-state index contributed by atoms with van der Waals surface area (Å²) in [5.41, 5.74) is 0. The molecule has 1 heterocycles. The molecular weight excluding hydrogens is 184 g/mol. The molecule has 76 valence electrons. The number of nitrogens with zero attached hydrogens (tertiary/aromatic N) is 2. The molecule has 0 atom stereocenters. The van der Waals surface area contributed by atoms with Crippen LogP contribution in [0.1, 0.15) is 25.1 Å². The first-order valence-corrected chi connectivity index (χ1v) is 4.64. The van der Waals surface area contributed by atoms with E-state index in [9.17, 15) is 4.79 Å². The van der Waals surface area contributed by atoms with Crippen molar-refractivity contribution in [3.63, 3.8) is 0 Å². The van der Waals surface area contributed by atoms with Crippen LogP contribution in [0.5, 0.6) is 0 Å². The van der Waals surface area contributed by atoms with Gasteiger partial charge in [0, 0.05) is 6.04 Å². The minimum atomic E-state index is -0.167. The summed E-state index contributed by atoms with van der Waals surface area (Å²) < 4.78 is 4.53. The standard InChI is InChI=1S/C8H12N4O2/c13-8(11-6-2-1-3-6)9-4-7-10-5-14-12-7/h5-6H,1-4H2,(H2,9,11,13). The van der Waals surface area contributed by atoms with Crippen molar-refractivity contribution in [3.05, 3.63) is 12.2 Å². The Morgan fingerprint density at radius 3 is 3.07 bits per heavy atom. The molecule has 14 heavy (non-hydrogen) atoms. The number of amides is 2. The van der Waals surface area contributed by atoms with Crippen molar-refractivity contribution >= 4 is 6.03 Å². The highest BCUT2D eigenvalue weighted by atomic mass is 16.5. The first kappa shape index (κ1) is 8.98. The lowest BCUT2D eigenvalue weighted by Crippen LogP contribution is -2.44. The van der Waals surface area contributed by atoms with Gasteiger partial charge in [0.15, 0.2) is 5.82 Å². The third kappa shape index (κ3) is 2.21. The number of carbonyl (C=O) groups excluding carboxylic acids is 1. The van der Waals surface area contributed by atoms with Crippen LogP contribution in [-0.2, 0) is 6.54 Å². The summed E-state index contributed by atoms with van der Waals surface area (Å²) in [6, 6.07) is 0.180. The van der Waals surface area contributed by atoms with E-state index in [1.165, 1.54) is 12.8 Å². The van der Waals surface area contributed by atoms with Crippen LogP contribution < -0.4 is 10.6 Å². The van der Waals surface area contributed by atoms with E-state index in [4.69, 9.17) is 0 Å². The predicted octanol–water partition coefficient (Wildman–Crippen LogP) is 0.421. The maximum atomic E-state index is 11.2. The molecule has 2 amide bonds. The quantitative estimate of drug-likeness (QED) is 0.734. The Bertz CT molecular complexity index is 294. The molecule has 0 spiro atoms. The van der Waals surface area contributed by atoms with Gasteiger partial charge in [-0.1, -0.05) is 5.16 Å². The topological polar surface area (TPSA) is 80.1 Å². The van der Waals surface area contributed by atoms with Crippen LogP contribution in [0, 0.1) is 0 Å². The van der Waals surface area contributed by atoms with E-state index in [0.29, 0.717) is 18.4 Å². The first-order chi connectivity index (χ1) is 6.84. The Kier molecular flexibility index (Phi) is 2.62. The number of hydrogen-bond acceptors (Lipinski definition) is 4. The molecule has 1 aliphatic carbocycles. The number of hydrogen-bond donors (Lipinski definition) is 2. The molecule has 0 aromatic carbocycles. The Labute approximate surface area is 81.1 Å². The average Bonchev–Trinajstić information content (AvgIpc) is 2.60. The Balaban J connectivity index is 1.67. The highest BCUT2D eigenvalue weighted by molar-refractivity contribution is 5.74. The summed E-state index contributed by atoms with van der Waals surface area (Å²) in [5.74, 6) is 0.480. The number of nitrogens with one attached hydrogen (secondary N) is 2. The molecule has 1 aliphatic rings. The fraction of sp³-hybridized carbons (Fsp3) is 0.625. The largest absolute Gasteiger partial charge is 0.343 e. The molecule has 0 unspecified atom stereocenters. The lowest BCUT2D eigenvalue weighted by atomic mass is 9.93. The van der Waals surface area contributed by atoms with E-state index in [-0.39, 0.29) is 6.03 Å². The molecule has 0 radical (unpaired) electrons. The molecular formula is C8H12N4O2. The lowest BCUT2D eigenvalue weighted by molar-refractivity contribution is 0.227. The van der Waals surface area contributed by atoms with Crippen molar-refractivity contribution in [2.45, 2.75) is 31.8 Å². The second-order valence-corrected chi connectivity index (χ2v) is 3.30. The van der Waals surface area contributed by atoms with Crippen LogP contribution >= 0.6 is 0 Å². The summed E-state index contributed by atoms with van der Waals surface area (Å²) in [6.45, 7) is 0.301. The summed E-state index contributed by atoms with van der Waals surface area (Å²) in [5, 5.41) is 9.06. The Hall–Kier alpha value is -1.59. The zero-order chi connectivity index (χ0) is 9.80. The number of urea groups is 1. The maximum Gasteiger partial charge on any atom is 0.315 e. The summed E-state index contributed by atoms with van der Waals surface area (Å²) in [7, 11) is 0. The summed E-state index contributed by atoms with van der Waals surface area (Å²) in [4.78, 5) is 15.0. The van der Waals surface area contributed by atoms with E-state index >= 15 is 0 Å². The third-order valence-corrected chi connectivity index (χ3v) is 2.25. The van der Waals surface area contributed by atoms with E-state index < -0.39 is 0 Å². The van der Waals surface area contributed by atoms with Gasteiger partial charge in [0.2, 0.25) is 6.39 Å². The van der Waals surface area contributed by atoms with Crippen molar-refractivity contribution in [3.8, 4) is 0 Å². The van der Waals surface area contributed by atoms with Gasteiger partial charge in [-0.2, -0.15) is 4.98 Å². The fourth-order valence-electron chi connectivity index (χ4n) is 1.22. The number of rotatable bonds is 3. The predicted molar refractivity (Wildman–Crippen MR) is 47.3 cm³/mol. The maximum absolute atomic E-state index is 11.2. The van der Waals surface area contributed by atoms with Crippen LogP contribution in [0.3, 0.4) is 0 Å². The van der Waals surface area contributed by atoms with E-state index in [1.807, 2.05) is 0 Å². The van der Waals surface area contributed by atoms with Crippen LogP contribution in [0.15, 0.2) is 10.9 Å². The molecule has 0 bridgehead atoms. The molecule has 2 N–H and O–H groups in total. The molecule has 1 aromatic heterocycles. The van der Waals surface area contributed by atoms with Crippen LogP contribution in [0.4, 0.5) is 4.79 Å². The van der Waals surface area contributed by atoms with Crippen molar-refractivity contribution in [2.75, 3.05) is 0 Å². The minimum absolute atomic E-state index is 0.167. The van der Waals surface area contributed by atoms with Crippen molar-refractivity contribution in [2.24, 2.45) is 0 Å². The second kappa shape index (κ2) is 4.08. The van der Waals surface area contributed by atoms with Crippen LogP contribution in [0.2, 0.25) is 0 Å². The van der Waals surface area contributed by atoms with Crippen molar-refractivity contribution in [1.82, 2.24) is 20.8 Å². The van der Waals surface area contributed by atoms with E-state index in [1.54, 1.807) is 0 Å². The molecule has 6 nitrogen and oxygen atoms in total. The fourth-order valence-corrected chi connectivity index (χ4v) is 1.22.